The van der Waals surface area contributed by atoms with Gasteiger partial charge in [0.05, 0.1) is 12.6 Å². The topological polar surface area (TPSA) is 93.8 Å². The van der Waals surface area contributed by atoms with Crippen LogP contribution in [-0.2, 0) is 9.53 Å². The molecule has 1 aromatic carbocycles. The van der Waals surface area contributed by atoms with Gasteiger partial charge >= 0.3 is 12.0 Å². The van der Waals surface area contributed by atoms with Crippen LogP contribution in [0.25, 0.3) is 0 Å². The van der Waals surface area contributed by atoms with Crippen LogP contribution < -0.4 is 11.1 Å². The minimum absolute atomic E-state index is 0.215. The molecule has 144 valence electrons. The van der Waals surface area contributed by atoms with E-state index in [1.165, 1.54) is 19.3 Å². The predicted octanol–water partition coefficient (Wildman–Crippen LogP) is 3.62. The van der Waals surface area contributed by atoms with E-state index in [1.807, 2.05) is 18.2 Å². The average molecular weight is 369 g/mol. The number of rotatable bonds is 5. The Morgan fingerprint density at radius 2 is 1.96 bits per heavy atom. The second-order valence-electron chi connectivity index (χ2n) is 8.02. The van der Waals surface area contributed by atoms with Gasteiger partial charge < -0.3 is 15.8 Å². The standard InChI is InChI=1S/C21H27N3O3/c22-16-8-4-7-15(11-16)19-17(18(14-9-10-14)23-21(26)24-19)20(25)27-12-13-5-2-1-3-6-13/h4,7-8,11,13-14,17,19H,1-3,5-6,9-10,12,22H2,(H,24,26). The van der Waals surface area contributed by atoms with E-state index in [-0.39, 0.29) is 17.9 Å². The Morgan fingerprint density at radius 3 is 2.67 bits per heavy atom. The summed E-state index contributed by atoms with van der Waals surface area (Å²) in [6.45, 7) is 0.463. The van der Waals surface area contributed by atoms with E-state index in [4.69, 9.17) is 10.5 Å². The minimum atomic E-state index is -0.569. The van der Waals surface area contributed by atoms with E-state index in [9.17, 15) is 9.59 Å². The highest BCUT2D eigenvalue weighted by Gasteiger charge is 2.45. The lowest BCUT2D eigenvalue weighted by atomic mass is 9.85. The summed E-state index contributed by atoms with van der Waals surface area (Å²) in [4.78, 5) is 29.4. The molecule has 2 atom stereocenters. The second-order valence-corrected chi connectivity index (χ2v) is 8.02. The molecule has 6 heteroatoms. The van der Waals surface area contributed by atoms with Crippen molar-refractivity contribution in [3.05, 3.63) is 29.8 Å². The summed E-state index contributed by atoms with van der Waals surface area (Å²) in [5, 5.41) is 2.86. The monoisotopic (exact) mass is 369 g/mol. The van der Waals surface area contributed by atoms with E-state index < -0.39 is 12.0 Å². The Bertz CT molecular complexity index is 751. The number of nitrogens with one attached hydrogen (secondary N) is 1. The number of carbonyl (C=O) groups excluding carboxylic acids is 2. The fraction of sp³-hybridized carbons (Fsp3) is 0.571. The van der Waals surface area contributed by atoms with Crippen molar-refractivity contribution >= 4 is 23.4 Å². The number of aliphatic imine (C=N–C) groups is 1. The Morgan fingerprint density at radius 1 is 1.19 bits per heavy atom. The van der Waals surface area contributed by atoms with Crippen molar-refractivity contribution in [1.82, 2.24) is 5.32 Å². The van der Waals surface area contributed by atoms with Gasteiger partial charge in [0.1, 0.15) is 5.92 Å². The summed E-state index contributed by atoms with van der Waals surface area (Å²) >= 11 is 0. The van der Waals surface area contributed by atoms with Crippen molar-refractivity contribution in [2.24, 2.45) is 22.7 Å². The van der Waals surface area contributed by atoms with Crippen molar-refractivity contribution in [2.45, 2.75) is 51.0 Å². The molecule has 0 saturated heterocycles. The smallest absolute Gasteiger partial charge is 0.341 e. The third-order valence-electron chi connectivity index (χ3n) is 5.87. The zero-order valence-corrected chi connectivity index (χ0v) is 15.5. The van der Waals surface area contributed by atoms with Crippen LogP contribution in [-0.4, -0.2) is 24.3 Å². The van der Waals surface area contributed by atoms with Gasteiger partial charge in [0.15, 0.2) is 0 Å². The maximum atomic E-state index is 13.1. The van der Waals surface area contributed by atoms with E-state index in [0.717, 1.165) is 31.2 Å². The summed E-state index contributed by atoms with van der Waals surface area (Å²) in [6, 6.07) is 6.46. The van der Waals surface area contributed by atoms with Gasteiger partial charge in [-0.3, -0.25) is 4.79 Å². The van der Waals surface area contributed by atoms with Crippen LogP contribution in [0.4, 0.5) is 10.5 Å². The molecule has 4 rings (SSSR count). The first-order chi connectivity index (χ1) is 13.1. The van der Waals surface area contributed by atoms with Crippen LogP contribution in [0.15, 0.2) is 29.3 Å². The average Bonchev–Trinajstić information content (AvgIpc) is 3.51. The molecule has 3 aliphatic rings. The molecule has 3 N–H and O–H groups in total. The highest BCUT2D eigenvalue weighted by atomic mass is 16.5. The van der Waals surface area contributed by atoms with Gasteiger partial charge in [0.2, 0.25) is 0 Å². The summed E-state index contributed by atoms with van der Waals surface area (Å²) in [5.41, 5.74) is 8.02. The molecule has 0 aromatic heterocycles. The van der Waals surface area contributed by atoms with Crippen molar-refractivity contribution in [3.8, 4) is 0 Å². The molecule has 2 fully saturated rings. The molecule has 27 heavy (non-hydrogen) atoms. The molecule has 0 bridgehead atoms. The van der Waals surface area contributed by atoms with Crippen LogP contribution in [0.5, 0.6) is 0 Å². The Kier molecular flexibility index (Phi) is 5.14. The molecule has 1 aliphatic heterocycles. The molecule has 2 amide bonds. The van der Waals surface area contributed by atoms with Crippen molar-refractivity contribution < 1.29 is 14.3 Å². The highest BCUT2D eigenvalue weighted by Crippen LogP contribution is 2.40. The number of nitrogens with zero attached hydrogens (tertiary/aromatic N) is 1. The van der Waals surface area contributed by atoms with Gasteiger partial charge in [0.25, 0.3) is 0 Å². The number of benzene rings is 1. The van der Waals surface area contributed by atoms with Crippen molar-refractivity contribution in [2.75, 3.05) is 12.3 Å². The number of carbonyl (C=O) groups is 2. The summed E-state index contributed by atoms with van der Waals surface area (Å²) < 4.78 is 5.74. The van der Waals surface area contributed by atoms with Crippen LogP contribution in [0.2, 0.25) is 0 Å². The number of ether oxygens (including phenoxy) is 1. The number of esters is 1. The van der Waals surface area contributed by atoms with Crippen LogP contribution >= 0.6 is 0 Å². The Balaban J connectivity index is 1.56. The predicted molar refractivity (Wildman–Crippen MR) is 103 cm³/mol. The second kappa shape index (κ2) is 7.71. The fourth-order valence-electron chi connectivity index (χ4n) is 4.26. The minimum Gasteiger partial charge on any atom is -0.465 e. The van der Waals surface area contributed by atoms with E-state index in [0.29, 0.717) is 23.9 Å². The third kappa shape index (κ3) is 4.15. The van der Waals surface area contributed by atoms with Gasteiger partial charge in [-0.15, -0.1) is 0 Å². The largest absolute Gasteiger partial charge is 0.465 e. The first-order valence-electron chi connectivity index (χ1n) is 10.0. The lowest BCUT2D eigenvalue weighted by Crippen LogP contribution is -2.46. The molecule has 6 nitrogen and oxygen atoms in total. The number of hydrogen-bond donors (Lipinski definition) is 2. The lowest BCUT2D eigenvalue weighted by Gasteiger charge is -2.32. The quantitative estimate of drug-likeness (QED) is 0.612. The zero-order chi connectivity index (χ0) is 18.8. The van der Waals surface area contributed by atoms with Gasteiger partial charge in [-0.2, -0.15) is 0 Å². The SMILES string of the molecule is Nc1cccc(C2NC(=O)N=C(C3CC3)C2C(=O)OCC2CCCCC2)c1. The first kappa shape index (κ1) is 18.0. The normalized spacial score (nSPS) is 26.2. The number of nitrogens with two attached hydrogens (primary N) is 1. The number of urea groups is 1. The Hall–Kier alpha value is -2.37. The first-order valence-corrected chi connectivity index (χ1v) is 10.0. The summed E-state index contributed by atoms with van der Waals surface area (Å²) in [5.74, 6) is -0.181. The van der Waals surface area contributed by atoms with Crippen LogP contribution in [0.3, 0.4) is 0 Å². The van der Waals surface area contributed by atoms with Gasteiger partial charge in [-0.1, -0.05) is 31.4 Å². The summed E-state index contributed by atoms with van der Waals surface area (Å²) in [6.07, 6.45) is 7.89. The molecule has 0 radical (unpaired) electrons. The van der Waals surface area contributed by atoms with Gasteiger partial charge in [-0.25, -0.2) is 9.79 Å². The molecule has 1 aromatic rings. The molecular weight excluding hydrogens is 342 g/mol. The molecule has 0 spiro atoms. The number of amides is 2. The number of nitrogen functional groups attached to an aromatic ring is 1. The van der Waals surface area contributed by atoms with E-state index in [2.05, 4.69) is 10.3 Å². The van der Waals surface area contributed by atoms with Crippen LogP contribution in [0, 0.1) is 17.8 Å². The van der Waals surface area contributed by atoms with E-state index in [1.54, 1.807) is 6.07 Å². The third-order valence-corrected chi connectivity index (χ3v) is 5.87. The molecule has 2 aliphatic carbocycles. The van der Waals surface area contributed by atoms with Crippen LogP contribution in [0.1, 0.15) is 56.6 Å². The van der Waals surface area contributed by atoms with Gasteiger partial charge in [0, 0.05) is 11.4 Å². The number of anilines is 1. The summed E-state index contributed by atoms with van der Waals surface area (Å²) in [7, 11) is 0. The maximum Gasteiger partial charge on any atom is 0.341 e. The number of hydrogen-bond acceptors (Lipinski definition) is 4. The fourth-order valence-corrected chi connectivity index (χ4v) is 4.26. The van der Waals surface area contributed by atoms with E-state index >= 15 is 0 Å². The molecule has 1 heterocycles. The Labute approximate surface area is 159 Å². The lowest BCUT2D eigenvalue weighted by molar-refractivity contribution is -0.148. The molecule has 2 saturated carbocycles. The van der Waals surface area contributed by atoms with Crippen molar-refractivity contribution in [1.29, 1.82) is 0 Å². The molecular formula is C21H27N3O3. The molecule has 2 unspecified atom stereocenters. The van der Waals surface area contributed by atoms with Crippen molar-refractivity contribution in [3.63, 3.8) is 0 Å². The highest BCUT2D eigenvalue weighted by molar-refractivity contribution is 6.11. The zero-order valence-electron chi connectivity index (χ0n) is 15.5. The van der Waals surface area contributed by atoms with Gasteiger partial charge in [-0.05, 0) is 55.2 Å². The maximum absolute atomic E-state index is 13.1.